The second kappa shape index (κ2) is 8.31. The summed E-state index contributed by atoms with van der Waals surface area (Å²) in [5, 5.41) is 16.7. The van der Waals surface area contributed by atoms with E-state index in [-0.39, 0.29) is 28.0 Å². The molecule has 2 heterocycles. The van der Waals surface area contributed by atoms with Gasteiger partial charge in [-0.25, -0.2) is 9.78 Å². The molecule has 1 saturated heterocycles. The van der Waals surface area contributed by atoms with Crippen molar-refractivity contribution in [3.8, 4) is 0 Å². The van der Waals surface area contributed by atoms with E-state index in [1.165, 1.54) is 0 Å². The van der Waals surface area contributed by atoms with Crippen molar-refractivity contribution in [1.82, 2.24) is 9.88 Å². The molecule has 0 saturated carbocycles. The number of thiazole rings is 1. The third-order valence-electron chi connectivity index (χ3n) is 4.15. The second-order valence-corrected chi connectivity index (χ2v) is 7.39. The Labute approximate surface area is 163 Å². The topological polar surface area (TPSA) is 117 Å². The summed E-state index contributed by atoms with van der Waals surface area (Å²) < 4.78 is 0. The minimum atomic E-state index is -0.550. The SMILES string of the molecule is O=C(Nc1ncc([N+](=O)[O-])s1)C1CCN(C(=O)Nc2ccc(Cl)cc2)CC1. The first-order chi connectivity index (χ1) is 12.9. The van der Waals surface area contributed by atoms with Gasteiger partial charge in [-0.15, -0.1) is 0 Å². The highest BCUT2D eigenvalue weighted by atomic mass is 35.5. The van der Waals surface area contributed by atoms with Crippen LogP contribution in [0.3, 0.4) is 0 Å². The zero-order chi connectivity index (χ0) is 19.4. The molecule has 0 radical (unpaired) electrons. The molecule has 0 unspecified atom stereocenters. The minimum Gasteiger partial charge on any atom is -0.324 e. The van der Waals surface area contributed by atoms with E-state index >= 15 is 0 Å². The molecule has 142 valence electrons. The van der Waals surface area contributed by atoms with Crippen molar-refractivity contribution >= 4 is 50.7 Å². The number of hydrogen-bond acceptors (Lipinski definition) is 6. The molecule has 0 aliphatic carbocycles. The van der Waals surface area contributed by atoms with Crippen molar-refractivity contribution in [2.24, 2.45) is 5.92 Å². The number of nitrogens with one attached hydrogen (secondary N) is 2. The molecule has 9 nitrogen and oxygen atoms in total. The number of anilines is 2. The van der Waals surface area contributed by atoms with E-state index in [0.29, 0.717) is 36.6 Å². The molecule has 11 heteroatoms. The molecule has 1 aromatic carbocycles. The number of aromatic nitrogens is 1. The maximum atomic E-state index is 12.3. The summed E-state index contributed by atoms with van der Waals surface area (Å²) in [6.45, 7) is 0.880. The fraction of sp³-hybridized carbons (Fsp3) is 0.312. The van der Waals surface area contributed by atoms with Gasteiger partial charge < -0.3 is 15.5 Å². The fourth-order valence-corrected chi connectivity index (χ4v) is 3.46. The Morgan fingerprint density at radius 3 is 2.48 bits per heavy atom. The second-order valence-electron chi connectivity index (χ2n) is 5.95. The molecule has 1 aromatic heterocycles. The van der Waals surface area contributed by atoms with Gasteiger partial charge >= 0.3 is 11.0 Å². The lowest BCUT2D eigenvalue weighted by Crippen LogP contribution is -2.43. The number of carbonyl (C=O) groups excluding carboxylic acids is 2. The molecule has 1 fully saturated rings. The van der Waals surface area contributed by atoms with Gasteiger partial charge in [-0.1, -0.05) is 11.6 Å². The van der Waals surface area contributed by atoms with Crippen LogP contribution < -0.4 is 10.6 Å². The van der Waals surface area contributed by atoms with Crippen LogP contribution in [-0.2, 0) is 4.79 Å². The number of halogens is 1. The van der Waals surface area contributed by atoms with Crippen LogP contribution in [0.25, 0.3) is 0 Å². The van der Waals surface area contributed by atoms with Gasteiger partial charge in [0.1, 0.15) is 6.20 Å². The normalized spacial score (nSPS) is 14.6. The molecule has 1 aliphatic heterocycles. The summed E-state index contributed by atoms with van der Waals surface area (Å²) >= 11 is 6.63. The van der Waals surface area contributed by atoms with Crippen molar-refractivity contribution in [2.75, 3.05) is 23.7 Å². The minimum absolute atomic E-state index is 0.126. The van der Waals surface area contributed by atoms with Gasteiger partial charge in [0, 0.05) is 29.7 Å². The van der Waals surface area contributed by atoms with E-state index in [0.717, 1.165) is 17.5 Å². The van der Waals surface area contributed by atoms with Crippen LogP contribution in [-0.4, -0.2) is 39.8 Å². The Morgan fingerprint density at radius 2 is 1.89 bits per heavy atom. The Kier molecular flexibility index (Phi) is 5.87. The molecule has 0 atom stereocenters. The Morgan fingerprint density at radius 1 is 1.22 bits per heavy atom. The number of carbonyl (C=O) groups is 2. The van der Waals surface area contributed by atoms with E-state index in [4.69, 9.17) is 11.6 Å². The quantitative estimate of drug-likeness (QED) is 0.591. The number of urea groups is 1. The average Bonchev–Trinajstić information content (AvgIpc) is 3.12. The summed E-state index contributed by atoms with van der Waals surface area (Å²) in [5.41, 5.74) is 0.648. The van der Waals surface area contributed by atoms with Crippen LogP contribution in [0.2, 0.25) is 5.02 Å². The predicted octanol–water partition coefficient (Wildman–Crippen LogP) is 3.59. The molecular formula is C16H16ClN5O4S. The first-order valence-corrected chi connectivity index (χ1v) is 9.34. The fourth-order valence-electron chi connectivity index (χ4n) is 2.70. The standard InChI is InChI=1S/C16H16ClN5O4S/c17-11-1-3-12(4-2-11)19-16(24)21-7-5-10(6-8-21)14(23)20-15-18-9-13(27-15)22(25)26/h1-4,9-10H,5-8H2,(H,19,24)(H,18,20,23). The van der Waals surface area contributed by atoms with Crippen LogP contribution in [0.1, 0.15) is 12.8 Å². The zero-order valence-electron chi connectivity index (χ0n) is 14.1. The van der Waals surface area contributed by atoms with Crippen LogP contribution in [0, 0.1) is 16.0 Å². The summed E-state index contributed by atoms with van der Waals surface area (Å²) in [6.07, 6.45) is 2.13. The van der Waals surface area contributed by atoms with E-state index in [1.807, 2.05) is 0 Å². The average molecular weight is 410 g/mol. The summed E-state index contributed by atoms with van der Waals surface area (Å²) in [6, 6.07) is 6.58. The summed E-state index contributed by atoms with van der Waals surface area (Å²) in [4.78, 5) is 40.2. The number of likely N-dealkylation sites (tertiary alicyclic amines) is 1. The first kappa shape index (κ1) is 19.1. The van der Waals surface area contributed by atoms with Crippen molar-refractivity contribution < 1.29 is 14.5 Å². The van der Waals surface area contributed by atoms with Gasteiger partial charge in [0.25, 0.3) is 0 Å². The van der Waals surface area contributed by atoms with E-state index in [2.05, 4.69) is 15.6 Å². The van der Waals surface area contributed by atoms with E-state index in [1.54, 1.807) is 29.2 Å². The number of hydrogen-bond donors (Lipinski definition) is 2. The van der Waals surface area contributed by atoms with Gasteiger partial charge in [-0.3, -0.25) is 14.9 Å². The van der Waals surface area contributed by atoms with Crippen molar-refractivity contribution in [2.45, 2.75) is 12.8 Å². The molecule has 3 amide bonds. The van der Waals surface area contributed by atoms with Gasteiger partial charge in [-0.05, 0) is 48.4 Å². The maximum absolute atomic E-state index is 12.3. The third kappa shape index (κ3) is 4.92. The molecule has 3 rings (SSSR count). The number of piperidine rings is 1. The van der Waals surface area contributed by atoms with E-state index < -0.39 is 4.92 Å². The number of nitrogens with zero attached hydrogens (tertiary/aromatic N) is 3. The number of benzene rings is 1. The Bertz CT molecular complexity index is 849. The van der Waals surface area contributed by atoms with Crippen molar-refractivity contribution in [3.05, 3.63) is 45.6 Å². The lowest BCUT2D eigenvalue weighted by atomic mass is 9.96. The molecule has 2 N–H and O–H groups in total. The van der Waals surface area contributed by atoms with Gasteiger partial charge in [0.15, 0.2) is 5.13 Å². The highest BCUT2D eigenvalue weighted by Crippen LogP contribution is 2.27. The zero-order valence-corrected chi connectivity index (χ0v) is 15.6. The highest BCUT2D eigenvalue weighted by molar-refractivity contribution is 7.18. The van der Waals surface area contributed by atoms with Crippen LogP contribution >= 0.6 is 22.9 Å². The van der Waals surface area contributed by atoms with E-state index in [9.17, 15) is 19.7 Å². The van der Waals surface area contributed by atoms with Crippen molar-refractivity contribution in [3.63, 3.8) is 0 Å². The largest absolute Gasteiger partial charge is 0.345 e. The lowest BCUT2D eigenvalue weighted by Gasteiger charge is -2.31. The van der Waals surface area contributed by atoms with Crippen LogP contribution in [0.5, 0.6) is 0 Å². The number of rotatable bonds is 4. The van der Waals surface area contributed by atoms with Gasteiger partial charge in [0.05, 0.1) is 4.92 Å². The number of nitro groups is 1. The van der Waals surface area contributed by atoms with Crippen LogP contribution in [0.4, 0.5) is 20.6 Å². The maximum Gasteiger partial charge on any atom is 0.345 e. The number of amides is 3. The predicted molar refractivity (Wildman–Crippen MR) is 102 cm³/mol. The highest BCUT2D eigenvalue weighted by Gasteiger charge is 2.28. The molecule has 2 aromatic rings. The monoisotopic (exact) mass is 409 g/mol. The first-order valence-electron chi connectivity index (χ1n) is 8.15. The van der Waals surface area contributed by atoms with Crippen LogP contribution in [0.15, 0.2) is 30.5 Å². The molecule has 0 spiro atoms. The molecular weight excluding hydrogens is 394 g/mol. The van der Waals surface area contributed by atoms with Crippen molar-refractivity contribution in [1.29, 1.82) is 0 Å². The van der Waals surface area contributed by atoms with Gasteiger partial charge in [0.2, 0.25) is 5.91 Å². The Balaban J connectivity index is 1.48. The smallest absolute Gasteiger partial charge is 0.324 e. The lowest BCUT2D eigenvalue weighted by molar-refractivity contribution is -0.380. The summed E-state index contributed by atoms with van der Waals surface area (Å²) in [5.74, 6) is -0.510. The molecule has 27 heavy (non-hydrogen) atoms. The molecule has 1 aliphatic rings. The summed E-state index contributed by atoms with van der Waals surface area (Å²) in [7, 11) is 0. The third-order valence-corrected chi connectivity index (χ3v) is 5.27. The van der Waals surface area contributed by atoms with Gasteiger partial charge in [-0.2, -0.15) is 0 Å². The Hall–Kier alpha value is -2.72. The molecule has 0 bridgehead atoms.